The van der Waals surface area contributed by atoms with Crippen molar-refractivity contribution in [2.45, 2.75) is 55.8 Å². The molecule has 0 unspecified atom stereocenters. The number of ether oxygens (including phenoxy) is 1. The van der Waals surface area contributed by atoms with E-state index >= 15 is 0 Å². The number of nitrogens with zero attached hydrogens (tertiary/aromatic N) is 3. The third-order valence-electron chi connectivity index (χ3n) is 7.67. The number of hydrogen-bond acceptors (Lipinski definition) is 5. The highest BCUT2D eigenvalue weighted by atomic mass is 32.2. The van der Waals surface area contributed by atoms with Crippen LogP contribution >= 0.6 is 0 Å². The van der Waals surface area contributed by atoms with Crippen molar-refractivity contribution in [2.75, 3.05) is 44.2 Å². The van der Waals surface area contributed by atoms with E-state index in [0.29, 0.717) is 26.2 Å². The van der Waals surface area contributed by atoms with Gasteiger partial charge in [-0.15, -0.1) is 13.2 Å². The van der Waals surface area contributed by atoms with Gasteiger partial charge in [0, 0.05) is 51.0 Å². The molecule has 3 aliphatic rings. The van der Waals surface area contributed by atoms with Gasteiger partial charge in [0.15, 0.2) is 0 Å². The quantitative estimate of drug-likeness (QED) is 0.580. The lowest BCUT2D eigenvalue weighted by molar-refractivity contribution is -0.274. The third kappa shape index (κ3) is 5.65. The van der Waals surface area contributed by atoms with Crippen molar-refractivity contribution in [3.63, 3.8) is 0 Å². The molecule has 5 rings (SSSR count). The summed E-state index contributed by atoms with van der Waals surface area (Å²) in [5, 5.41) is 0. The highest BCUT2D eigenvalue weighted by molar-refractivity contribution is 7.89. The number of anilines is 1. The predicted molar refractivity (Wildman–Crippen MR) is 132 cm³/mol. The Hall–Kier alpha value is -2.30. The van der Waals surface area contributed by atoms with Gasteiger partial charge in [0.25, 0.3) is 0 Å². The average molecular weight is 524 g/mol. The van der Waals surface area contributed by atoms with Gasteiger partial charge < -0.3 is 9.64 Å². The molecule has 0 aromatic heterocycles. The predicted octanol–water partition coefficient (Wildman–Crippen LogP) is 4.44. The van der Waals surface area contributed by atoms with Crippen molar-refractivity contribution < 1.29 is 26.3 Å². The molecule has 2 aromatic carbocycles. The number of piperazine rings is 1. The molecule has 1 aliphatic carbocycles. The van der Waals surface area contributed by atoms with E-state index in [1.807, 2.05) is 0 Å². The van der Waals surface area contributed by atoms with E-state index in [0.717, 1.165) is 61.9 Å². The molecule has 2 heterocycles. The normalized spacial score (nSPS) is 20.8. The lowest BCUT2D eigenvalue weighted by Gasteiger charge is -2.35. The summed E-state index contributed by atoms with van der Waals surface area (Å²) in [5.74, 6) is -0.444. The first-order valence-electron chi connectivity index (χ1n) is 12.7. The second-order valence-electron chi connectivity index (χ2n) is 9.84. The van der Waals surface area contributed by atoms with Crippen LogP contribution in [0.2, 0.25) is 0 Å². The second-order valence-corrected chi connectivity index (χ2v) is 11.8. The zero-order valence-electron chi connectivity index (χ0n) is 20.2. The second kappa shape index (κ2) is 10.2. The summed E-state index contributed by atoms with van der Waals surface area (Å²) in [7, 11) is -3.80. The number of alkyl halides is 3. The molecule has 0 atom stereocenters. The van der Waals surface area contributed by atoms with Crippen molar-refractivity contribution in [3.05, 3.63) is 53.6 Å². The Bertz CT molecular complexity index is 1160. The Labute approximate surface area is 210 Å². The minimum absolute atomic E-state index is 0.0395. The maximum Gasteiger partial charge on any atom is 0.573 e. The largest absolute Gasteiger partial charge is 0.573 e. The molecule has 2 fully saturated rings. The fourth-order valence-electron chi connectivity index (χ4n) is 5.71. The Morgan fingerprint density at radius 2 is 1.44 bits per heavy atom. The van der Waals surface area contributed by atoms with E-state index in [2.05, 4.69) is 32.7 Å². The monoisotopic (exact) mass is 523 g/mol. The van der Waals surface area contributed by atoms with E-state index in [4.69, 9.17) is 0 Å². The summed E-state index contributed by atoms with van der Waals surface area (Å²) in [5.41, 5.74) is 3.93. The zero-order chi connectivity index (χ0) is 25.3. The number of rotatable bonds is 5. The third-order valence-corrected chi connectivity index (χ3v) is 9.58. The van der Waals surface area contributed by atoms with Crippen LogP contribution in [-0.2, 0) is 22.9 Å². The Balaban J connectivity index is 1.20. The standard InChI is InChI=1S/C26H32F3N3O3S/c27-26(28,29)35-24-7-9-25(10-8-24)36(33,34)32-17-15-31(16-18-32)23-6-5-20-11-13-30(14-12-21(20)19-23)22-3-1-2-4-22/h5-10,19,22H,1-4,11-18H2. The molecule has 0 bridgehead atoms. The topological polar surface area (TPSA) is 53.1 Å². The zero-order valence-corrected chi connectivity index (χ0v) is 21.0. The van der Waals surface area contributed by atoms with Crippen molar-refractivity contribution in [3.8, 4) is 5.75 Å². The number of hydrogen-bond donors (Lipinski definition) is 0. The van der Waals surface area contributed by atoms with Crippen LogP contribution in [0.5, 0.6) is 5.75 Å². The van der Waals surface area contributed by atoms with Gasteiger partial charge in [-0.3, -0.25) is 4.90 Å². The Morgan fingerprint density at radius 1 is 0.806 bits per heavy atom. The van der Waals surface area contributed by atoms with Gasteiger partial charge in [-0.1, -0.05) is 18.9 Å². The van der Waals surface area contributed by atoms with Gasteiger partial charge >= 0.3 is 6.36 Å². The summed E-state index contributed by atoms with van der Waals surface area (Å²) in [6.45, 7) is 3.96. The minimum Gasteiger partial charge on any atom is -0.406 e. The summed E-state index contributed by atoms with van der Waals surface area (Å²) in [4.78, 5) is 4.84. The number of sulfonamides is 1. The van der Waals surface area contributed by atoms with Gasteiger partial charge in [0.2, 0.25) is 10.0 Å². The molecule has 0 spiro atoms. The number of fused-ring (bicyclic) bond motifs is 1. The lowest BCUT2D eigenvalue weighted by Crippen LogP contribution is -2.48. The summed E-state index contributed by atoms with van der Waals surface area (Å²) < 4.78 is 68.5. The van der Waals surface area contributed by atoms with E-state index in [-0.39, 0.29) is 4.90 Å². The van der Waals surface area contributed by atoms with Crippen LogP contribution in [0.15, 0.2) is 47.4 Å². The van der Waals surface area contributed by atoms with Crippen LogP contribution in [0.25, 0.3) is 0 Å². The summed E-state index contributed by atoms with van der Waals surface area (Å²) in [6.07, 6.45) is 2.63. The van der Waals surface area contributed by atoms with Crippen LogP contribution in [0, 0.1) is 0 Å². The molecular weight excluding hydrogens is 491 g/mol. The highest BCUT2D eigenvalue weighted by Crippen LogP contribution is 2.30. The Morgan fingerprint density at radius 3 is 2.08 bits per heavy atom. The van der Waals surface area contributed by atoms with Crippen LogP contribution in [0.4, 0.5) is 18.9 Å². The maximum atomic E-state index is 13.0. The number of halogens is 3. The van der Waals surface area contributed by atoms with Crippen molar-refractivity contribution in [2.24, 2.45) is 0 Å². The maximum absolute atomic E-state index is 13.0. The molecule has 0 amide bonds. The highest BCUT2D eigenvalue weighted by Gasteiger charge is 2.32. The summed E-state index contributed by atoms with van der Waals surface area (Å²) >= 11 is 0. The van der Waals surface area contributed by atoms with E-state index in [1.54, 1.807) is 0 Å². The van der Waals surface area contributed by atoms with Crippen molar-refractivity contribution >= 4 is 15.7 Å². The first-order chi connectivity index (χ1) is 17.2. The molecule has 36 heavy (non-hydrogen) atoms. The molecule has 0 radical (unpaired) electrons. The fraction of sp³-hybridized carbons (Fsp3) is 0.538. The van der Waals surface area contributed by atoms with Gasteiger partial charge in [-0.25, -0.2) is 8.42 Å². The first kappa shape index (κ1) is 25.4. The van der Waals surface area contributed by atoms with Crippen LogP contribution in [-0.4, -0.2) is 69.3 Å². The molecular formula is C26H32F3N3O3S. The molecule has 2 aromatic rings. The SMILES string of the molecule is O=S(=O)(c1ccc(OC(F)(F)F)cc1)N1CCN(c2ccc3c(c2)CCN(C2CCCC2)CC3)CC1. The average Bonchev–Trinajstić information content (AvgIpc) is 3.30. The van der Waals surface area contributed by atoms with E-state index < -0.39 is 22.1 Å². The van der Waals surface area contributed by atoms with E-state index in [1.165, 1.54) is 41.1 Å². The van der Waals surface area contributed by atoms with Gasteiger partial charge in [-0.2, -0.15) is 4.31 Å². The molecule has 0 N–H and O–H groups in total. The van der Waals surface area contributed by atoms with Crippen molar-refractivity contribution in [1.29, 1.82) is 0 Å². The van der Waals surface area contributed by atoms with Crippen molar-refractivity contribution in [1.82, 2.24) is 9.21 Å². The minimum atomic E-state index is -4.82. The smallest absolute Gasteiger partial charge is 0.406 e. The molecule has 1 saturated carbocycles. The van der Waals surface area contributed by atoms with Gasteiger partial charge in [0.1, 0.15) is 5.75 Å². The molecule has 6 nitrogen and oxygen atoms in total. The molecule has 10 heteroatoms. The fourth-order valence-corrected chi connectivity index (χ4v) is 7.13. The molecule has 1 saturated heterocycles. The van der Waals surface area contributed by atoms with Crippen LogP contribution in [0.3, 0.4) is 0 Å². The molecule has 2 aliphatic heterocycles. The van der Waals surface area contributed by atoms with Gasteiger partial charge in [0.05, 0.1) is 4.90 Å². The van der Waals surface area contributed by atoms with Crippen LogP contribution in [0.1, 0.15) is 36.8 Å². The van der Waals surface area contributed by atoms with Crippen LogP contribution < -0.4 is 9.64 Å². The molecule has 196 valence electrons. The van der Waals surface area contributed by atoms with E-state index in [9.17, 15) is 21.6 Å². The lowest BCUT2D eigenvalue weighted by atomic mass is 10.0. The summed E-state index contributed by atoms with van der Waals surface area (Å²) in [6, 6.07) is 11.8. The van der Waals surface area contributed by atoms with Gasteiger partial charge in [-0.05, 0) is 73.2 Å². The Kier molecular flexibility index (Phi) is 7.20. The first-order valence-corrected chi connectivity index (χ1v) is 14.1. The number of benzene rings is 2.